The highest BCUT2D eigenvalue weighted by Crippen LogP contribution is 2.32. The molecule has 3 heterocycles. The lowest BCUT2D eigenvalue weighted by molar-refractivity contribution is -0.117. The number of ether oxygens (including phenoxy) is 1. The molecule has 1 aromatic heterocycles. The molecule has 0 bridgehead atoms. The van der Waals surface area contributed by atoms with E-state index in [1.807, 2.05) is 0 Å². The van der Waals surface area contributed by atoms with Gasteiger partial charge in [-0.15, -0.1) is 0 Å². The molecule has 0 unspecified atom stereocenters. The third kappa shape index (κ3) is 3.55. The molecular weight excluding hydrogens is 294 g/mol. The summed E-state index contributed by atoms with van der Waals surface area (Å²) >= 11 is 0. The average molecular weight is 319 g/mol. The van der Waals surface area contributed by atoms with Crippen molar-refractivity contribution in [2.24, 2.45) is 5.92 Å². The maximum absolute atomic E-state index is 12.3. The van der Waals surface area contributed by atoms with Crippen LogP contribution in [0.3, 0.4) is 0 Å². The van der Waals surface area contributed by atoms with Gasteiger partial charge in [-0.1, -0.05) is 13.3 Å². The Morgan fingerprint density at radius 2 is 2.30 bits per heavy atom. The Morgan fingerprint density at radius 1 is 1.43 bits per heavy atom. The van der Waals surface area contributed by atoms with Gasteiger partial charge in [-0.05, 0) is 25.2 Å². The van der Waals surface area contributed by atoms with E-state index in [2.05, 4.69) is 22.2 Å². The molecule has 7 heteroatoms. The number of rotatable bonds is 7. The zero-order valence-corrected chi connectivity index (χ0v) is 13.7. The van der Waals surface area contributed by atoms with Gasteiger partial charge in [-0.25, -0.2) is 0 Å². The second-order valence-corrected chi connectivity index (χ2v) is 6.26. The number of nitrogens with one attached hydrogen (secondary N) is 1. The average Bonchev–Trinajstić information content (AvgIpc) is 3.14. The Kier molecular flexibility index (Phi) is 4.95. The molecule has 1 saturated heterocycles. The molecule has 2 aliphatic rings. The van der Waals surface area contributed by atoms with Gasteiger partial charge in [0.05, 0.1) is 6.42 Å². The van der Waals surface area contributed by atoms with Crippen LogP contribution in [0.5, 0.6) is 0 Å². The summed E-state index contributed by atoms with van der Waals surface area (Å²) in [6.45, 7) is 5.24. The van der Waals surface area contributed by atoms with Crippen LogP contribution in [0.1, 0.15) is 38.2 Å². The van der Waals surface area contributed by atoms with Crippen LogP contribution < -0.4 is 16.0 Å². The van der Waals surface area contributed by atoms with E-state index in [0.29, 0.717) is 36.5 Å². The summed E-state index contributed by atoms with van der Waals surface area (Å²) in [4.78, 5) is 22.9. The maximum Gasteiger partial charge on any atom is 0.232 e. The molecule has 1 atom stereocenters. The van der Waals surface area contributed by atoms with Gasteiger partial charge in [0.25, 0.3) is 0 Å². The van der Waals surface area contributed by atoms with Crippen molar-refractivity contribution in [3.05, 3.63) is 5.56 Å². The number of aromatic nitrogens is 2. The molecule has 126 valence electrons. The molecule has 23 heavy (non-hydrogen) atoms. The summed E-state index contributed by atoms with van der Waals surface area (Å²) in [5.74, 6) is 2.20. The van der Waals surface area contributed by atoms with E-state index in [0.717, 1.165) is 51.0 Å². The molecule has 3 N–H and O–H groups in total. The van der Waals surface area contributed by atoms with Crippen LogP contribution in [0.25, 0.3) is 0 Å². The zero-order valence-electron chi connectivity index (χ0n) is 13.7. The fourth-order valence-electron chi connectivity index (χ4n) is 3.06. The molecule has 0 aliphatic carbocycles. The van der Waals surface area contributed by atoms with Crippen molar-refractivity contribution in [2.45, 2.75) is 39.0 Å². The minimum atomic E-state index is 0.0608. The highest BCUT2D eigenvalue weighted by atomic mass is 16.5. The SMILES string of the molecule is CCCCNc1nc(N)c2c(n1)N(CC[C@@H]1CCOC1)C(=O)C2. The molecule has 1 fully saturated rings. The van der Waals surface area contributed by atoms with Crippen molar-refractivity contribution in [3.63, 3.8) is 0 Å². The van der Waals surface area contributed by atoms with Crippen LogP contribution in [0.15, 0.2) is 0 Å². The molecule has 2 aliphatic heterocycles. The zero-order chi connectivity index (χ0) is 16.2. The van der Waals surface area contributed by atoms with E-state index >= 15 is 0 Å². The van der Waals surface area contributed by atoms with Crippen LogP contribution in [0, 0.1) is 5.92 Å². The fourth-order valence-corrected chi connectivity index (χ4v) is 3.06. The summed E-state index contributed by atoms with van der Waals surface area (Å²) in [5, 5.41) is 3.19. The Labute approximate surface area is 136 Å². The highest BCUT2D eigenvalue weighted by molar-refractivity contribution is 6.01. The number of amides is 1. The van der Waals surface area contributed by atoms with Gasteiger partial charge in [-0.2, -0.15) is 9.97 Å². The standard InChI is InChI=1S/C16H25N5O2/c1-2-3-6-18-16-19-14(17)12-9-13(22)21(15(12)20-16)7-4-11-5-8-23-10-11/h11H,2-10H2,1H3,(H3,17,18,19,20)/t11-/m1/s1. The number of carbonyl (C=O) groups excluding carboxylic acids is 1. The van der Waals surface area contributed by atoms with Crippen molar-refractivity contribution in [2.75, 3.05) is 42.3 Å². The molecule has 1 amide bonds. The molecular formula is C16H25N5O2. The van der Waals surface area contributed by atoms with Gasteiger partial charge in [0, 0.05) is 31.9 Å². The number of nitrogens with zero attached hydrogens (tertiary/aromatic N) is 3. The minimum Gasteiger partial charge on any atom is -0.383 e. The molecule has 3 rings (SSSR count). The Hall–Kier alpha value is -1.89. The summed E-state index contributed by atoms with van der Waals surface area (Å²) < 4.78 is 5.40. The van der Waals surface area contributed by atoms with Gasteiger partial charge in [0.15, 0.2) is 0 Å². The predicted molar refractivity (Wildman–Crippen MR) is 89.4 cm³/mol. The van der Waals surface area contributed by atoms with Gasteiger partial charge in [0.2, 0.25) is 11.9 Å². The molecule has 7 nitrogen and oxygen atoms in total. The highest BCUT2D eigenvalue weighted by Gasteiger charge is 2.32. The quantitative estimate of drug-likeness (QED) is 0.741. The predicted octanol–water partition coefficient (Wildman–Crippen LogP) is 1.59. The number of nitrogen functional groups attached to an aromatic ring is 1. The number of unbranched alkanes of at least 4 members (excludes halogenated alkanes) is 1. The first-order valence-electron chi connectivity index (χ1n) is 8.47. The number of hydrogen-bond acceptors (Lipinski definition) is 6. The van der Waals surface area contributed by atoms with Crippen molar-refractivity contribution < 1.29 is 9.53 Å². The fraction of sp³-hybridized carbons (Fsp3) is 0.688. The summed E-state index contributed by atoms with van der Waals surface area (Å²) in [7, 11) is 0. The first-order chi connectivity index (χ1) is 11.2. The van der Waals surface area contributed by atoms with Crippen LogP contribution in [0.2, 0.25) is 0 Å². The lowest BCUT2D eigenvalue weighted by Gasteiger charge is -2.19. The molecule has 0 radical (unpaired) electrons. The van der Waals surface area contributed by atoms with Gasteiger partial charge in [-0.3, -0.25) is 9.69 Å². The Morgan fingerprint density at radius 3 is 3.04 bits per heavy atom. The first-order valence-corrected chi connectivity index (χ1v) is 8.47. The minimum absolute atomic E-state index is 0.0608. The number of hydrogen-bond donors (Lipinski definition) is 2. The Bertz CT molecular complexity index is 572. The number of anilines is 3. The van der Waals surface area contributed by atoms with Gasteiger partial charge in [0.1, 0.15) is 11.6 Å². The number of fused-ring (bicyclic) bond motifs is 1. The van der Waals surface area contributed by atoms with Crippen molar-refractivity contribution in [1.82, 2.24) is 9.97 Å². The second-order valence-electron chi connectivity index (χ2n) is 6.26. The van der Waals surface area contributed by atoms with Crippen LogP contribution in [0.4, 0.5) is 17.6 Å². The van der Waals surface area contributed by atoms with Gasteiger partial charge < -0.3 is 15.8 Å². The van der Waals surface area contributed by atoms with E-state index in [1.165, 1.54) is 0 Å². The van der Waals surface area contributed by atoms with E-state index < -0.39 is 0 Å². The monoisotopic (exact) mass is 319 g/mol. The van der Waals surface area contributed by atoms with Crippen molar-refractivity contribution in [3.8, 4) is 0 Å². The first kappa shape index (κ1) is 16.0. The third-order valence-corrected chi connectivity index (χ3v) is 4.50. The van der Waals surface area contributed by atoms with E-state index in [1.54, 1.807) is 4.90 Å². The van der Waals surface area contributed by atoms with Crippen LogP contribution >= 0.6 is 0 Å². The largest absolute Gasteiger partial charge is 0.383 e. The van der Waals surface area contributed by atoms with Crippen LogP contribution in [-0.2, 0) is 16.0 Å². The normalized spacial score (nSPS) is 20.1. The second kappa shape index (κ2) is 7.12. The van der Waals surface area contributed by atoms with E-state index in [9.17, 15) is 4.79 Å². The van der Waals surface area contributed by atoms with Crippen molar-refractivity contribution >= 4 is 23.5 Å². The van der Waals surface area contributed by atoms with Crippen LogP contribution in [-0.4, -0.2) is 42.2 Å². The Balaban J connectivity index is 1.72. The van der Waals surface area contributed by atoms with Crippen molar-refractivity contribution in [1.29, 1.82) is 0 Å². The summed E-state index contributed by atoms with van der Waals surface area (Å²) in [6, 6.07) is 0. The topological polar surface area (TPSA) is 93.4 Å². The smallest absolute Gasteiger partial charge is 0.232 e. The van der Waals surface area contributed by atoms with E-state index in [4.69, 9.17) is 10.5 Å². The maximum atomic E-state index is 12.3. The molecule has 0 saturated carbocycles. The lowest BCUT2D eigenvalue weighted by atomic mass is 10.1. The van der Waals surface area contributed by atoms with E-state index in [-0.39, 0.29) is 5.91 Å². The summed E-state index contributed by atoms with van der Waals surface area (Å²) in [5.41, 5.74) is 6.79. The third-order valence-electron chi connectivity index (χ3n) is 4.50. The number of carbonyl (C=O) groups is 1. The number of nitrogens with two attached hydrogens (primary N) is 1. The molecule has 0 spiro atoms. The lowest BCUT2D eigenvalue weighted by Crippen LogP contribution is -2.30. The van der Waals surface area contributed by atoms with Gasteiger partial charge >= 0.3 is 0 Å². The molecule has 0 aromatic carbocycles. The summed E-state index contributed by atoms with van der Waals surface area (Å²) in [6.07, 6.45) is 4.46. The molecule has 1 aromatic rings.